The molecule has 1 heterocycles. The lowest BCUT2D eigenvalue weighted by Gasteiger charge is -2.20. The third-order valence-electron chi connectivity index (χ3n) is 3.43. The van der Waals surface area contributed by atoms with Gasteiger partial charge in [-0.2, -0.15) is 0 Å². The summed E-state index contributed by atoms with van der Waals surface area (Å²) in [5.74, 6) is -0.376. The van der Waals surface area contributed by atoms with E-state index in [0.717, 1.165) is 25.0 Å². The number of benzene rings is 1. The van der Waals surface area contributed by atoms with E-state index >= 15 is 0 Å². The molecule has 21 heavy (non-hydrogen) atoms. The van der Waals surface area contributed by atoms with Gasteiger partial charge < -0.3 is 10.1 Å². The maximum Gasteiger partial charge on any atom is 0.321 e. The first kappa shape index (κ1) is 15.5. The molecule has 0 bridgehead atoms. The van der Waals surface area contributed by atoms with E-state index in [1.165, 1.54) is 7.05 Å². The number of imide groups is 1. The van der Waals surface area contributed by atoms with Gasteiger partial charge in [0, 0.05) is 20.2 Å². The summed E-state index contributed by atoms with van der Waals surface area (Å²) in [6, 6.07) is 8.24. The second-order valence-corrected chi connectivity index (χ2v) is 4.96. The van der Waals surface area contributed by atoms with Gasteiger partial charge in [0.2, 0.25) is 5.91 Å². The van der Waals surface area contributed by atoms with E-state index in [2.05, 4.69) is 16.0 Å². The van der Waals surface area contributed by atoms with E-state index in [1.807, 2.05) is 30.3 Å². The molecule has 6 nitrogen and oxygen atoms in total. The van der Waals surface area contributed by atoms with Gasteiger partial charge in [0.25, 0.3) is 0 Å². The predicted octanol–water partition coefficient (Wildman–Crippen LogP) is 0.952. The Morgan fingerprint density at radius 1 is 1.33 bits per heavy atom. The highest BCUT2D eigenvalue weighted by Gasteiger charge is 2.24. The number of hydrogen-bond acceptors (Lipinski definition) is 4. The first-order valence-electron chi connectivity index (χ1n) is 7.13. The molecule has 1 aliphatic rings. The molecule has 0 spiro atoms. The molecule has 0 unspecified atom stereocenters. The summed E-state index contributed by atoms with van der Waals surface area (Å²) in [6.45, 7) is 1.35. The summed E-state index contributed by atoms with van der Waals surface area (Å²) < 4.78 is 5.55. The molecule has 3 amide bonds. The summed E-state index contributed by atoms with van der Waals surface area (Å²) in [5.41, 5.74) is 0.817. The van der Waals surface area contributed by atoms with Crippen molar-refractivity contribution in [3.8, 4) is 0 Å². The van der Waals surface area contributed by atoms with Crippen LogP contribution < -0.4 is 16.0 Å². The standard InChI is InChI=1S/C15H21N3O3/c1-16-15(20)18-14(19)13(11-6-3-2-4-7-11)17-10-12-8-5-9-21-12/h2-4,6-7,12-13,17H,5,8-10H2,1H3,(H2,16,18,19,20)/t12-,13-/m0/s1. The van der Waals surface area contributed by atoms with Crippen LogP contribution in [-0.4, -0.2) is 38.2 Å². The van der Waals surface area contributed by atoms with Crippen LogP contribution in [0.3, 0.4) is 0 Å². The van der Waals surface area contributed by atoms with Crippen LogP contribution in [-0.2, 0) is 9.53 Å². The highest BCUT2D eigenvalue weighted by atomic mass is 16.5. The monoisotopic (exact) mass is 291 g/mol. The van der Waals surface area contributed by atoms with Gasteiger partial charge >= 0.3 is 6.03 Å². The van der Waals surface area contributed by atoms with Gasteiger partial charge in [0.15, 0.2) is 0 Å². The fourth-order valence-electron chi connectivity index (χ4n) is 2.31. The quantitative estimate of drug-likeness (QED) is 0.755. The van der Waals surface area contributed by atoms with Crippen LogP contribution in [0.25, 0.3) is 0 Å². The van der Waals surface area contributed by atoms with Crippen molar-refractivity contribution < 1.29 is 14.3 Å². The molecule has 0 radical (unpaired) electrons. The third-order valence-corrected chi connectivity index (χ3v) is 3.43. The Morgan fingerprint density at radius 3 is 2.71 bits per heavy atom. The molecule has 0 aliphatic carbocycles. The minimum atomic E-state index is -0.576. The van der Waals surface area contributed by atoms with E-state index in [1.54, 1.807) is 0 Å². The smallest absolute Gasteiger partial charge is 0.321 e. The highest BCUT2D eigenvalue weighted by molar-refractivity contribution is 5.97. The molecular formula is C15H21N3O3. The van der Waals surface area contributed by atoms with E-state index in [0.29, 0.717) is 6.54 Å². The predicted molar refractivity (Wildman–Crippen MR) is 78.8 cm³/mol. The Morgan fingerprint density at radius 2 is 2.10 bits per heavy atom. The van der Waals surface area contributed by atoms with Gasteiger partial charge in [0.05, 0.1) is 6.10 Å². The van der Waals surface area contributed by atoms with E-state index in [4.69, 9.17) is 4.74 Å². The van der Waals surface area contributed by atoms with Gasteiger partial charge in [-0.15, -0.1) is 0 Å². The van der Waals surface area contributed by atoms with Gasteiger partial charge in [-0.3, -0.25) is 15.4 Å². The molecule has 2 atom stereocenters. The number of carbonyl (C=O) groups is 2. The number of carbonyl (C=O) groups excluding carboxylic acids is 2. The van der Waals surface area contributed by atoms with E-state index in [9.17, 15) is 9.59 Å². The molecule has 1 aliphatic heterocycles. The largest absolute Gasteiger partial charge is 0.377 e. The number of nitrogens with one attached hydrogen (secondary N) is 3. The van der Waals surface area contributed by atoms with Crippen molar-refractivity contribution in [1.29, 1.82) is 0 Å². The molecule has 6 heteroatoms. The summed E-state index contributed by atoms with van der Waals surface area (Å²) in [5, 5.41) is 7.88. The number of urea groups is 1. The minimum absolute atomic E-state index is 0.129. The molecule has 0 saturated carbocycles. The lowest BCUT2D eigenvalue weighted by molar-refractivity contribution is -0.122. The lowest BCUT2D eigenvalue weighted by Crippen LogP contribution is -2.45. The molecule has 0 aromatic heterocycles. The summed E-state index contributed by atoms with van der Waals surface area (Å²) in [7, 11) is 1.47. The zero-order chi connectivity index (χ0) is 15.1. The first-order chi connectivity index (χ1) is 10.2. The van der Waals surface area contributed by atoms with Crippen LogP contribution in [0.1, 0.15) is 24.4 Å². The molecule has 1 aromatic carbocycles. The molecule has 114 valence electrons. The number of amides is 3. The first-order valence-corrected chi connectivity index (χ1v) is 7.13. The van der Waals surface area contributed by atoms with Crippen molar-refractivity contribution in [2.24, 2.45) is 0 Å². The van der Waals surface area contributed by atoms with Crippen molar-refractivity contribution >= 4 is 11.9 Å². The molecule has 1 fully saturated rings. The van der Waals surface area contributed by atoms with Gasteiger partial charge in [0.1, 0.15) is 6.04 Å². The van der Waals surface area contributed by atoms with Crippen LogP contribution >= 0.6 is 0 Å². The zero-order valence-corrected chi connectivity index (χ0v) is 12.1. The highest BCUT2D eigenvalue weighted by Crippen LogP contribution is 2.16. The Labute approximate surface area is 124 Å². The zero-order valence-electron chi connectivity index (χ0n) is 12.1. The maximum absolute atomic E-state index is 12.2. The summed E-state index contributed by atoms with van der Waals surface area (Å²) in [6.07, 6.45) is 2.17. The topological polar surface area (TPSA) is 79.5 Å². The average Bonchev–Trinajstić information content (AvgIpc) is 3.01. The number of hydrogen-bond donors (Lipinski definition) is 3. The fraction of sp³-hybridized carbons (Fsp3) is 0.467. The summed E-state index contributed by atoms with van der Waals surface area (Å²) >= 11 is 0. The number of rotatable bonds is 5. The van der Waals surface area contributed by atoms with Crippen LogP contribution in [0.5, 0.6) is 0 Å². The van der Waals surface area contributed by atoms with Crippen molar-refractivity contribution in [2.45, 2.75) is 25.0 Å². The fourth-order valence-corrected chi connectivity index (χ4v) is 2.31. The van der Waals surface area contributed by atoms with Gasteiger partial charge in [-0.1, -0.05) is 30.3 Å². The van der Waals surface area contributed by atoms with Crippen LogP contribution in [0, 0.1) is 0 Å². The molecule has 1 saturated heterocycles. The van der Waals surface area contributed by atoms with Crippen LogP contribution in [0.2, 0.25) is 0 Å². The second kappa shape index (κ2) is 7.75. The second-order valence-electron chi connectivity index (χ2n) is 4.96. The van der Waals surface area contributed by atoms with E-state index in [-0.39, 0.29) is 12.0 Å². The summed E-state index contributed by atoms with van der Waals surface area (Å²) in [4.78, 5) is 23.6. The van der Waals surface area contributed by atoms with Crippen molar-refractivity contribution in [3.05, 3.63) is 35.9 Å². The lowest BCUT2D eigenvalue weighted by atomic mass is 10.1. The molecule has 1 aromatic rings. The minimum Gasteiger partial charge on any atom is -0.377 e. The van der Waals surface area contributed by atoms with Crippen LogP contribution in [0.15, 0.2) is 30.3 Å². The Hall–Kier alpha value is -1.92. The Bertz CT molecular complexity index is 472. The normalized spacial score (nSPS) is 19.0. The molecule has 3 N–H and O–H groups in total. The number of ether oxygens (including phenoxy) is 1. The van der Waals surface area contributed by atoms with Gasteiger partial charge in [-0.05, 0) is 18.4 Å². The van der Waals surface area contributed by atoms with E-state index < -0.39 is 12.1 Å². The maximum atomic E-state index is 12.2. The van der Waals surface area contributed by atoms with Crippen LogP contribution in [0.4, 0.5) is 4.79 Å². The van der Waals surface area contributed by atoms with Crippen molar-refractivity contribution in [1.82, 2.24) is 16.0 Å². The third kappa shape index (κ3) is 4.54. The molecular weight excluding hydrogens is 270 g/mol. The Balaban J connectivity index is 2.02. The average molecular weight is 291 g/mol. The Kier molecular flexibility index (Phi) is 5.71. The van der Waals surface area contributed by atoms with Crippen molar-refractivity contribution in [2.75, 3.05) is 20.2 Å². The van der Waals surface area contributed by atoms with Crippen molar-refractivity contribution in [3.63, 3.8) is 0 Å². The van der Waals surface area contributed by atoms with Gasteiger partial charge in [-0.25, -0.2) is 4.79 Å². The molecule has 2 rings (SSSR count). The SMILES string of the molecule is CNC(=O)NC(=O)[C@@H](NC[C@@H]1CCCO1)c1ccccc1.